The topological polar surface area (TPSA) is 127 Å². The minimum atomic E-state index is 0.452. The summed E-state index contributed by atoms with van der Waals surface area (Å²) in [4.78, 5) is 9.31. The highest BCUT2D eigenvalue weighted by Crippen LogP contribution is 2.14. The SMILES string of the molecule is c1cc2nc(c1)COCc1ccc(cc1)COCCOCCOCCOCc1ccc(cc1)COC2.c1cc2nc(c1)COCc1ccc(cc1)COCCOCCOCc1ccc(cc1)COC2. The molecule has 8 aliphatic heterocycles. The molecule has 0 saturated heterocycles. The van der Waals surface area contributed by atoms with Gasteiger partial charge in [-0.15, -0.1) is 0 Å². The van der Waals surface area contributed by atoms with Gasteiger partial charge in [0, 0.05) is 0 Å². The van der Waals surface area contributed by atoms with Gasteiger partial charge in [-0.3, -0.25) is 9.97 Å². The van der Waals surface area contributed by atoms with Crippen LogP contribution in [0, 0.1) is 0 Å². The predicted molar refractivity (Wildman–Crippen MR) is 259 cm³/mol. The number of pyridine rings is 2. The third-order valence-electron chi connectivity index (χ3n) is 10.8. The van der Waals surface area contributed by atoms with Crippen molar-refractivity contribution < 1.29 is 52.1 Å². The van der Waals surface area contributed by atoms with Gasteiger partial charge in [0.1, 0.15) is 0 Å². The summed E-state index contributed by atoms with van der Waals surface area (Å²) in [5, 5.41) is 0. The molecule has 10 heterocycles. The summed E-state index contributed by atoms with van der Waals surface area (Å²) in [7, 11) is 0. The fraction of sp³-hybridized carbons (Fsp3) is 0.393. The maximum Gasteiger partial charge on any atom is 0.0892 e. The molecule has 14 rings (SSSR count). The molecule has 2 aromatic heterocycles. The zero-order chi connectivity index (χ0) is 47.2. The van der Waals surface area contributed by atoms with E-state index in [0.29, 0.717) is 145 Å². The Hall–Kier alpha value is -5.26. The molecular formula is C56H66N2O11. The van der Waals surface area contributed by atoms with E-state index in [9.17, 15) is 0 Å². The standard InChI is InChI=1S/C29H35NO6.C27H31NO5/c1-2-28-22-35-20-26-8-4-24(5-9-26)18-33-16-14-31-12-13-32-15-17-34-19-25-6-10-27(11-7-25)21-36-23-29(3-1)30-28;1-2-26-20-32-18-24-8-4-22(5-9-24)16-30-14-12-29-13-15-31-17-23-6-10-25(11-7-23)19-33-21-27(3-1)28-26/h1-11H,12-23H2;1-11H,12-21H2. The van der Waals surface area contributed by atoms with Crippen LogP contribution in [0.3, 0.4) is 0 Å². The van der Waals surface area contributed by atoms with Crippen LogP contribution in [0.2, 0.25) is 0 Å². The Morgan fingerprint density at radius 1 is 0.188 bits per heavy atom. The van der Waals surface area contributed by atoms with E-state index >= 15 is 0 Å². The molecule has 6 aromatic rings. The van der Waals surface area contributed by atoms with Gasteiger partial charge in [-0.05, 0) is 68.8 Å². The molecule has 8 aliphatic rings. The highest BCUT2D eigenvalue weighted by Gasteiger charge is 2.06. The first-order chi connectivity index (χ1) is 34.2. The predicted octanol–water partition coefficient (Wildman–Crippen LogP) is 9.17. The van der Waals surface area contributed by atoms with E-state index in [1.807, 2.05) is 36.4 Å². The number of rotatable bonds is 0. The molecule has 0 unspecified atom stereocenters. The van der Waals surface area contributed by atoms with E-state index in [0.717, 1.165) is 67.3 Å². The highest BCUT2D eigenvalue weighted by molar-refractivity contribution is 5.24. The molecule has 0 amide bonds. The van der Waals surface area contributed by atoms with Crippen molar-refractivity contribution in [3.05, 3.63) is 201 Å². The van der Waals surface area contributed by atoms with Crippen molar-refractivity contribution in [2.45, 2.75) is 79.3 Å². The molecule has 0 radical (unpaired) electrons. The fourth-order valence-electron chi connectivity index (χ4n) is 7.06. The quantitative estimate of drug-likeness (QED) is 0.144. The van der Waals surface area contributed by atoms with Crippen molar-refractivity contribution in [3.63, 3.8) is 0 Å². The lowest BCUT2D eigenvalue weighted by molar-refractivity contribution is -0.00619. The number of aromatic nitrogens is 2. The first-order valence-electron chi connectivity index (χ1n) is 23.8. The van der Waals surface area contributed by atoms with Gasteiger partial charge in [-0.25, -0.2) is 0 Å². The Morgan fingerprint density at radius 2 is 0.362 bits per heavy atom. The van der Waals surface area contributed by atoms with Crippen LogP contribution < -0.4 is 0 Å². The molecule has 366 valence electrons. The molecule has 0 saturated carbocycles. The second-order valence-corrected chi connectivity index (χ2v) is 16.5. The van der Waals surface area contributed by atoms with Crippen LogP contribution in [-0.2, 0) is 131 Å². The molecule has 0 aliphatic carbocycles. The summed E-state index contributed by atoms with van der Waals surface area (Å²) in [6.07, 6.45) is 0. The number of nitrogens with zero attached hydrogens (tertiary/aromatic N) is 2. The monoisotopic (exact) mass is 942 g/mol. The van der Waals surface area contributed by atoms with Crippen molar-refractivity contribution in [1.29, 1.82) is 0 Å². The summed E-state index contributed by atoms with van der Waals surface area (Å²) in [6, 6.07) is 45.0. The molecule has 13 heteroatoms. The molecule has 4 aromatic carbocycles. The van der Waals surface area contributed by atoms with Crippen molar-refractivity contribution >= 4 is 0 Å². The molecule has 69 heavy (non-hydrogen) atoms. The average molecular weight is 943 g/mol. The van der Waals surface area contributed by atoms with Gasteiger partial charge in [0.15, 0.2) is 0 Å². The number of ether oxygens (including phenoxy) is 11. The summed E-state index contributed by atoms with van der Waals surface area (Å²) >= 11 is 0. The Labute approximate surface area is 406 Å². The average Bonchev–Trinajstić information content (AvgIpc) is 3.38. The Bertz CT molecular complexity index is 2140. The van der Waals surface area contributed by atoms with Crippen LogP contribution >= 0.6 is 0 Å². The van der Waals surface area contributed by atoms with Gasteiger partial charge in [-0.1, -0.05) is 109 Å². The van der Waals surface area contributed by atoms with E-state index in [1.165, 1.54) is 0 Å². The van der Waals surface area contributed by atoms with Crippen molar-refractivity contribution in [2.75, 3.05) is 66.1 Å². The summed E-state index contributed by atoms with van der Waals surface area (Å²) in [5.41, 5.74) is 12.5. The van der Waals surface area contributed by atoms with Crippen LogP contribution in [-0.4, -0.2) is 76.0 Å². The molecule has 0 atom stereocenters. The smallest absolute Gasteiger partial charge is 0.0892 e. The molecule has 0 N–H and O–H groups in total. The number of hydrogen-bond acceptors (Lipinski definition) is 13. The second kappa shape index (κ2) is 31.1. The van der Waals surface area contributed by atoms with Gasteiger partial charge >= 0.3 is 0 Å². The van der Waals surface area contributed by atoms with Gasteiger partial charge in [-0.2, -0.15) is 0 Å². The van der Waals surface area contributed by atoms with Crippen molar-refractivity contribution in [3.8, 4) is 0 Å². The number of benzene rings is 4. The lowest BCUT2D eigenvalue weighted by Gasteiger charge is -2.10. The van der Waals surface area contributed by atoms with E-state index in [4.69, 9.17) is 52.1 Å². The highest BCUT2D eigenvalue weighted by atomic mass is 16.6. The van der Waals surface area contributed by atoms with Gasteiger partial charge < -0.3 is 52.1 Å². The van der Waals surface area contributed by atoms with E-state index in [1.54, 1.807) is 0 Å². The zero-order valence-corrected chi connectivity index (χ0v) is 39.6. The molecular weight excluding hydrogens is 877 g/mol. The summed E-state index contributed by atoms with van der Waals surface area (Å²) in [6.45, 7) is 11.7. The largest absolute Gasteiger partial charge is 0.377 e. The van der Waals surface area contributed by atoms with Crippen LogP contribution in [0.15, 0.2) is 133 Å². The van der Waals surface area contributed by atoms with Gasteiger partial charge in [0.25, 0.3) is 0 Å². The third kappa shape index (κ3) is 20.7. The lowest BCUT2D eigenvalue weighted by Crippen LogP contribution is -2.11. The Balaban J connectivity index is 0.000000205. The summed E-state index contributed by atoms with van der Waals surface area (Å²) in [5.74, 6) is 0. The zero-order valence-electron chi connectivity index (χ0n) is 39.6. The molecule has 0 spiro atoms. The van der Waals surface area contributed by atoms with Crippen molar-refractivity contribution in [1.82, 2.24) is 9.97 Å². The van der Waals surface area contributed by atoms with Crippen molar-refractivity contribution in [2.24, 2.45) is 0 Å². The lowest BCUT2D eigenvalue weighted by atomic mass is 10.1. The normalized spacial score (nSPS) is 17.4. The van der Waals surface area contributed by atoms with E-state index in [-0.39, 0.29) is 0 Å². The van der Waals surface area contributed by atoms with Gasteiger partial charge in [0.2, 0.25) is 0 Å². The summed E-state index contributed by atoms with van der Waals surface area (Å²) < 4.78 is 63.0. The number of hydrogen-bond donors (Lipinski definition) is 0. The van der Waals surface area contributed by atoms with E-state index < -0.39 is 0 Å². The van der Waals surface area contributed by atoms with E-state index in [2.05, 4.69) is 107 Å². The van der Waals surface area contributed by atoms with Crippen LogP contribution in [0.25, 0.3) is 0 Å². The Morgan fingerprint density at radius 3 is 0.565 bits per heavy atom. The van der Waals surface area contributed by atoms with Crippen LogP contribution in [0.1, 0.15) is 67.3 Å². The van der Waals surface area contributed by atoms with Gasteiger partial charge in [0.05, 0.1) is 168 Å². The Kier molecular flexibility index (Phi) is 23.2. The minimum absolute atomic E-state index is 0.452. The first-order valence-corrected chi connectivity index (χ1v) is 23.8. The maximum atomic E-state index is 5.88. The second-order valence-electron chi connectivity index (χ2n) is 16.5. The third-order valence-corrected chi connectivity index (χ3v) is 10.8. The molecule has 0 fully saturated rings. The molecule has 12 bridgehead atoms. The van der Waals surface area contributed by atoms with Crippen LogP contribution in [0.4, 0.5) is 0 Å². The first kappa shape index (κ1) is 51.6. The minimum Gasteiger partial charge on any atom is -0.377 e. The molecule has 13 nitrogen and oxygen atoms in total. The maximum absolute atomic E-state index is 5.88. The fourth-order valence-corrected chi connectivity index (χ4v) is 7.06. The van der Waals surface area contributed by atoms with Crippen LogP contribution in [0.5, 0.6) is 0 Å².